The molecular weight excluding hydrogens is 385 g/mol. The number of halogens is 4. The molecule has 7 heteroatoms. The molecule has 0 heterocycles. The van der Waals surface area contributed by atoms with Crippen LogP contribution in [0.5, 0.6) is 0 Å². The van der Waals surface area contributed by atoms with Crippen molar-refractivity contribution in [3.63, 3.8) is 0 Å². The van der Waals surface area contributed by atoms with E-state index in [-0.39, 0.29) is 16.0 Å². The van der Waals surface area contributed by atoms with E-state index in [1.54, 1.807) is 0 Å². The van der Waals surface area contributed by atoms with Gasteiger partial charge in [-0.15, -0.1) is 0 Å². The maximum Gasteiger partial charge on any atom is 0.427 e. The first-order chi connectivity index (χ1) is 11.8. The number of alkyl halides is 3. The summed E-state index contributed by atoms with van der Waals surface area (Å²) < 4.78 is 65.6. The molecule has 2 nitrogen and oxygen atoms in total. The molecule has 2 rings (SSSR count). The molecule has 2 aromatic carbocycles. The van der Waals surface area contributed by atoms with E-state index in [4.69, 9.17) is 11.6 Å². The van der Waals surface area contributed by atoms with Gasteiger partial charge >= 0.3 is 6.18 Å². The predicted octanol–water partition coefficient (Wildman–Crippen LogP) is 6.01. The fourth-order valence-electron chi connectivity index (χ4n) is 2.32. The highest BCUT2D eigenvalue weighted by Gasteiger charge is 2.43. The number of benzene rings is 2. The summed E-state index contributed by atoms with van der Waals surface area (Å²) in [5.74, 6) is 0. The summed E-state index contributed by atoms with van der Waals surface area (Å²) in [6, 6.07) is 11.0. The number of rotatable bonds is 3. The van der Waals surface area contributed by atoms with Crippen LogP contribution >= 0.6 is 11.6 Å². The van der Waals surface area contributed by atoms with Crippen molar-refractivity contribution in [1.29, 1.82) is 0 Å². The molecule has 0 radical (unpaired) electrons. The van der Waals surface area contributed by atoms with Crippen LogP contribution in [0.3, 0.4) is 0 Å². The van der Waals surface area contributed by atoms with Crippen LogP contribution in [0.25, 0.3) is 6.08 Å². The van der Waals surface area contributed by atoms with Crippen molar-refractivity contribution in [1.82, 2.24) is 0 Å². The van der Waals surface area contributed by atoms with Crippen molar-refractivity contribution < 1.29 is 21.6 Å². The van der Waals surface area contributed by atoms with Gasteiger partial charge in [-0.2, -0.15) is 13.2 Å². The zero-order chi connectivity index (χ0) is 19.8. The molecule has 0 saturated heterocycles. The van der Waals surface area contributed by atoms with Crippen molar-refractivity contribution in [2.24, 2.45) is 0 Å². The summed E-state index contributed by atoms with van der Waals surface area (Å²) in [6.07, 6.45) is -4.44. The van der Waals surface area contributed by atoms with Gasteiger partial charge in [0.1, 0.15) is 0 Å². The van der Waals surface area contributed by atoms with Crippen LogP contribution in [0.2, 0.25) is 5.02 Å². The van der Waals surface area contributed by atoms with E-state index in [1.807, 2.05) is 20.8 Å². The molecule has 0 aliphatic rings. The third kappa shape index (κ3) is 4.68. The van der Waals surface area contributed by atoms with Crippen LogP contribution in [0, 0.1) is 0 Å². The SMILES string of the molecule is CC(C)(C)c1ccc(S(=O)(=O)/C(=C/c2cccc(Cl)c2)C(F)(F)F)cc1. The van der Waals surface area contributed by atoms with Gasteiger partial charge in [0.05, 0.1) is 4.90 Å². The van der Waals surface area contributed by atoms with Crippen LogP contribution in [0.15, 0.2) is 58.3 Å². The van der Waals surface area contributed by atoms with Gasteiger partial charge in [0.15, 0.2) is 4.91 Å². The summed E-state index contributed by atoms with van der Waals surface area (Å²) in [4.78, 5) is -2.04. The Balaban J connectivity index is 2.57. The molecular formula is C19H18ClF3O2S. The lowest BCUT2D eigenvalue weighted by Crippen LogP contribution is -2.21. The molecule has 26 heavy (non-hydrogen) atoms. The maximum atomic E-state index is 13.5. The maximum absolute atomic E-state index is 13.5. The molecule has 140 valence electrons. The summed E-state index contributed by atoms with van der Waals surface area (Å²) in [6.45, 7) is 5.78. The fourth-order valence-corrected chi connectivity index (χ4v) is 3.86. The van der Waals surface area contributed by atoms with E-state index in [9.17, 15) is 21.6 Å². The standard InChI is InChI=1S/C19H18ClF3O2S/c1-18(2,3)14-7-9-16(10-8-14)26(24,25)17(19(21,22)23)12-13-5-4-6-15(20)11-13/h4-12H,1-3H3/b17-12+. The summed E-state index contributed by atoms with van der Waals surface area (Å²) >= 11 is 5.77. The highest BCUT2D eigenvalue weighted by atomic mass is 35.5. The van der Waals surface area contributed by atoms with Crippen LogP contribution in [0.1, 0.15) is 31.9 Å². The van der Waals surface area contributed by atoms with Crippen LogP contribution in [0.4, 0.5) is 13.2 Å². The topological polar surface area (TPSA) is 34.1 Å². The molecule has 0 aliphatic heterocycles. The number of allylic oxidation sites excluding steroid dienone is 1. The first-order valence-corrected chi connectivity index (χ1v) is 9.58. The average molecular weight is 403 g/mol. The second-order valence-electron chi connectivity index (χ2n) is 6.84. The summed E-state index contributed by atoms with van der Waals surface area (Å²) in [5, 5.41) is 0.215. The molecule has 0 N–H and O–H groups in total. The third-order valence-corrected chi connectivity index (χ3v) is 5.80. The Morgan fingerprint density at radius 3 is 2.04 bits per heavy atom. The smallest absolute Gasteiger partial charge is 0.219 e. The summed E-state index contributed by atoms with van der Waals surface area (Å²) in [7, 11) is -4.74. The van der Waals surface area contributed by atoms with Crippen molar-refractivity contribution in [3.8, 4) is 0 Å². The lowest BCUT2D eigenvalue weighted by Gasteiger charge is -2.19. The first kappa shape index (κ1) is 20.5. The molecule has 2 aromatic rings. The quantitative estimate of drug-likeness (QED) is 0.629. The fraction of sp³-hybridized carbons (Fsp3) is 0.263. The molecule has 0 aliphatic carbocycles. The number of sulfone groups is 1. The molecule has 0 fully saturated rings. The zero-order valence-corrected chi connectivity index (χ0v) is 16.0. The lowest BCUT2D eigenvalue weighted by molar-refractivity contribution is -0.0836. The first-order valence-electron chi connectivity index (χ1n) is 7.72. The van der Waals surface area contributed by atoms with E-state index in [2.05, 4.69) is 0 Å². The van der Waals surface area contributed by atoms with Crippen molar-refractivity contribution in [2.45, 2.75) is 37.3 Å². The van der Waals surface area contributed by atoms with Gasteiger partial charge in [0.2, 0.25) is 9.84 Å². The minimum atomic E-state index is -5.04. The Hall–Kier alpha value is -1.79. The highest BCUT2D eigenvalue weighted by molar-refractivity contribution is 7.95. The molecule has 0 spiro atoms. The number of hydrogen-bond acceptors (Lipinski definition) is 2. The minimum absolute atomic E-state index is 0.0553. The van der Waals surface area contributed by atoms with Gasteiger partial charge in [0.25, 0.3) is 0 Å². The van der Waals surface area contributed by atoms with Gasteiger partial charge in [-0.3, -0.25) is 0 Å². The number of hydrogen-bond donors (Lipinski definition) is 0. The zero-order valence-electron chi connectivity index (χ0n) is 14.4. The van der Waals surface area contributed by atoms with E-state index < -0.39 is 25.8 Å². The van der Waals surface area contributed by atoms with Crippen LogP contribution < -0.4 is 0 Å². The van der Waals surface area contributed by atoms with E-state index >= 15 is 0 Å². The highest BCUT2D eigenvalue weighted by Crippen LogP contribution is 2.36. The van der Waals surface area contributed by atoms with Crippen molar-refractivity contribution >= 4 is 27.5 Å². The van der Waals surface area contributed by atoms with Gasteiger partial charge in [-0.05, 0) is 46.9 Å². The largest absolute Gasteiger partial charge is 0.427 e. The van der Waals surface area contributed by atoms with Gasteiger partial charge < -0.3 is 0 Å². The lowest BCUT2D eigenvalue weighted by atomic mass is 9.87. The van der Waals surface area contributed by atoms with E-state index in [1.165, 1.54) is 48.5 Å². The normalized spacial score (nSPS) is 13.7. The minimum Gasteiger partial charge on any atom is -0.219 e. The Kier molecular flexibility index (Phi) is 5.59. The molecule has 0 amide bonds. The summed E-state index contributed by atoms with van der Waals surface area (Å²) in [5.41, 5.74) is 0.634. The predicted molar refractivity (Wildman–Crippen MR) is 97.8 cm³/mol. The molecule has 0 unspecified atom stereocenters. The Morgan fingerprint density at radius 1 is 1.00 bits per heavy atom. The second-order valence-corrected chi connectivity index (χ2v) is 9.19. The monoisotopic (exact) mass is 402 g/mol. The Morgan fingerprint density at radius 2 is 1.58 bits per heavy atom. The van der Waals surface area contributed by atoms with Gasteiger partial charge in [-0.25, -0.2) is 8.42 Å². The van der Waals surface area contributed by atoms with Gasteiger partial charge in [0, 0.05) is 5.02 Å². The Labute approximate surface area is 156 Å². The Bertz CT molecular complexity index is 922. The molecule has 0 aromatic heterocycles. The van der Waals surface area contributed by atoms with E-state index in [0.717, 1.165) is 5.56 Å². The van der Waals surface area contributed by atoms with E-state index in [0.29, 0.717) is 6.08 Å². The average Bonchev–Trinajstić information content (AvgIpc) is 2.51. The van der Waals surface area contributed by atoms with Crippen LogP contribution in [-0.4, -0.2) is 14.6 Å². The van der Waals surface area contributed by atoms with Crippen LogP contribution in [-0.2, 0) is 15.3 Å². The molecule has 0 bridgehead atoms. The van der Waals surface area contributed by atoms with Crippen molar-refractivity contribution in [3.05, 3.63) is 69.6 Å². The third-order valence-electron chi connectivity index (χ3n) is 3.75. The van der Waals surface area contributed by atoms with Gasteiger partial charge in [-0.1, -0.05) is 56.6 Å². The second kappa shape index (κ2) is 7.08. The molecule has 0 saturated carbocycles. The molecule has 0 atom stereocenters. The van der Waals surface area contributed by atoms with Crippen molar-refractivity contribution in [2.75, 3.05) is 0 Å².